The van der Waals surface area contributed by atoms with E-state index in [1.54, 1.807) is 19.1 Å². The molecule has 1 aromatic carbocycles. The normalized spacial score (nSPS) is 10.8. The third kappa shape index (κ3) is 1.78. The lowest BCUT2D eigenvalue weighted by Crippen LogP contribution is -2.00. The van der Waals surface area contributed by atoms with Crippen LogP contribution in [0.4, 0.5) is 4.39 Å². The summed E-state index contributed by atoms with van der Waals surface area (Å²) in [5.41, 5.74) is 1.29. The Hall–Kier alpha value is -0.560. The van der Waals surface area contributed by atoms with Crippen LogP contribution in [0.2, 0.25) is 0 Å². The van der Waals surface area contributed by atoms with Crippen LogP contribution in [0.5, 0.6) is 0 Å². The molecule has 0 saturated heterocycles. The van der Waals surface area contributed by atoms with Crippen molar-refractivity contribution in [1.82, 2.24) is 0 Å². The molecule has 0 saturated carbocycles. The molecule has 0 spiro atoms. The van der Waals surface area contributed by atoms with Crippen molar-refractivity contribution in [3.63, 3.8) is 0 Å². The average Bonchev–Trinajstić information content (AvgIpc) is 2.08. The highest BCUT2D eigenvalue weighted by Gasteiger charge is 2.11. The fourth-order valence-electron chi connectivity index (χ4n) is 1.05. The molecular formula is C10H11ClF. The first kappa shape index (κ1) is 9.53. The molecule has 0 aliphatic rings. The van der Waals surface area contributed by atoms with Gasteiger partial charge in [0.25, 0.3) is 0 Å². The summed E-state index contributed by atoms with van der Waals surface area (Å²) in [7, 11) is 0. The minimum Gasteiger partial charge on any atom is -0.206 e. The monoisotopic (exact) mass is 185 g/mol. The van der Waals surface area contributed by atoms with Gasteiger partial charge in [-0.1, -0.05) is 25.1 Å². The van der Waals surface area contributed by atoms with E-state index in [4.69, 9.17) is 11.6 Å². The quantitative estimate of drug-likeness (QED) is 0.621. The van der Waals surface area contributed by atoms with Gasteiger partial charge in [0.15, 0.2) is 0 Å². The Balaban J connectivity index is 3.07. The van der Waals surface area contributed by atoms with Gasteiger partial charge in [-0.2, -0.15) is 0 Å². The van der Waals surface area contributed by atoms with E-state index in [1.807, 2.05) is 13.0 Å². The maximum Gasteiger partial charge on any atom is 0.129 e. The standard InChI is InChI=1S/C10H11ClF/c1-7-4-3-5-9(10(7)12)8(2)6-11/h3-5H,6H2,1-2H3. The Morgan fingerprint density at radius 2 is 2.17 bits per heavy atom. The Morgan fingerprint density at radius 1 is 1.50 bits per heavy atom. The zero-order valence-electron chi connectivity index (χ0n) is 7.20. The van der Waals surface area contributed by atoms with Gasteiger partial charge in [0.1, 0.15) is 5.82 Å². The van der Waals surface area contributed by atoms with Crippen LogP contribution in [0, 0.1) is 18.7 Å². The van der Waals surface area contributed by atoms with Crippen molar-refractivity contribution in [3.8, 4) is 0 Å². The molecule has 0 atom stereocenters. The van der Waals surface area contributed by atoms with Crippen molar-refractivity contribution in [2.45, 2.75) is 13.8 Å². The van der Waals surface area contributed by atoms with Crippen LogP contribution in [0.3, 0.4) is 0 Å². The first-order valence-electron chi connectivity index (χ1n) is 3.80. The van der Waals surface area contributed by atoms with Gasteiger partial charge in [-0.15, -0.1) is 11.6 Å². The van der Waals surface area contributed by atoms with Crippen molar-refractivity contribution < 1.29 is 4.39 Å². The Kier molecular flexibility index (Phi) is 3.10. The highest BCUT2D eigenvalue weighted by Crippen LogP contribution is 2.21. The predicted molar refractivity (Wildman–Crippen MR) is 49.9 cm³/mol. The van der Waals surface area contributed by atoms with Gasteiger partial charge < -0.3 is 0 Å². The molecule has 1 aromatic rings. The molecule has 0 aromatic heterocycles. The lowest BCUT2D eigenvalue weighted by molar-refractivity contribution is 0.607. The summed E-state index contributed by atoms with van der Waals surface area (Å²) in [6, 6.07) is 5.34. The van der Waals surface area contributed by atoms with Crippen LogP contribution in [0.15, 0.2) is 18.2 Å². The molecule has 0 amide bonds. The lowest BCUT2D eigenvalue weighted by Gasteiger charge is -2.09. The summed E-state index contributed by atoms with van der Waals surface area (Å²) in [5.74, 6) is 1.09. The van der Waals surface area contributed by atoms with E-state index >= 15 is 0 Å². The van der Waals surface area contributed by atoms with Gasteiger partial charge in [0, 0.05) is 11.8 Å². The molecule has 65 valence electrons. The van der Waals surface area contributed by atoms with E-state index in [9.17, 15) is 4.39 Å². The molecule has 0 heterocycles. The van der Waals surface area contributed by atoms with Gasteiger partial charge in [0.05, 0.1) is 0 Å². The summed E-state index contributed by atoms with van der Waals surface area (Å²) in [6.45, 7) is 3.59. The Morgan fingerprint density at radius 3 is 2.75 bits per heavy atom. The lowest BCUT2D eigenvalue weighted by atomic mass is 10.0. The number of aryl methyl sites for hydroxylation is 1. The highest BCUT2D eigenvalue weighted by atomic mass is 35.5. The van der Waals surface area contributed by atoms with Crippen molar-refractivity contribution in [2.75, 3.05) is 5.88 Å². The van der Waals surface area contributed by atoms with Crippen LogP contribution in [-0.4, -0.2) is 5.88 Å². The fourth-order valence-corrected chi connectivity index (χ4v) is 1.19. The number of benzene rings is 1. The smallest absolute Gasteiger partial charge is 0.129 e. The zero-order valence-corrected chi connectivity index (χ0v) is 7.95. The number of alkyl halides is 1. The predicted octanol–water partition coefficient (Wildman–Crippen LogP) is 3.32. The van der Waals surface area contributed by atoms with Gasteiger partial charge >= 0.3 is 0 Å². The molecule has 0 unspecified atom stereocenters. The second kappa shape index (κ2) is 3.90. The topological polar surface area (TPSA) is 0 Å². The first-order valence-corrected chi connectivity index (χ1v) is 4.34. The first-order chi connectivity index (χ1) is 5.66. The van der Waals surface area contributed by atoms with E-state index in [0.717, 1.165) is 5.92 Å². The van der Waals surface area contributed by atoms with Crippen LogP contribution < -0.4 is 0 Å². The molecule has 1 rings (SSSR count). The van der Waals surface area contributed by atoms with E-state index < -0.39 is 0 Å². The van der Waals surface area contributed by atoms with E-state index in [-0.39, 0.29) is 5.82 Å². The van der Waals surface area contributed by atoms with Crippen molar-refractivity contribution in [2.24, 2.45) is 0 Å². The van der Waals surface area contributed by atoms with Gasteiger partial charge in [-0.25, -0.2) is 4.39 Å². The second-order valence-corrected chi connectivity index (χ2v) is 3.12. The minimum atomic E-state index is -0.157. The third-order valence-electron chi connectivity index (χ3n) is 1.85. The molecular weight excluding hydrogens is 175 g/mol. The van der Waals surface area contributed by atoms with Crippen molar-refractivity contribution in [3.05, 3.63) is 41.1 Å². The van der Waals surface area contributed by atoms with Gasteiger partial charge in [0.2, 0.25) is 0 Å². The van der Waals surface area contributed by atoms with Crippen LogP contribution in [0.1, 0.15) is 18.1 Å². The summed E-state index contributed by atoms with van der Waals surface area (Å²) >= 11 is 5.61. The molecule has 0 aliphatic heterocycles. The van der Waals surface area contributed by atoms with Crippen LogP contribution in [0.25, 0.3) is 0 Å². The summed E-state index contributed by atoms with van der Waals surface area (Å²) in [5, 5.41) is 0. The minimum absolute atomic E-state index is 0.157. The molecule has 12 heavy (non-hydrogen) atoms. The third-order valence-corrected chi connectivity index (χ3v) is 2.25. The van der Waals surface area contributed by atoms with E-state index in [2.05, 4.69) is 0 Å². The maximum atomic E-state index is 13.4. The number of hydrogen-bond donors (Lipinski definition) is 0. The van der Waals surface area contributed by atoms with E-state index in [0.29, 0.717) is 17.0 Å². The molecule has 0 aliphatic carbocycles. The molecule has 0 fully saturated rings. The second-order valence-electron chi connectivity index (χ2n) is 2.85. The summed E-state index contributed by atoms with van der Waals surface area (Å²) in [6.07, 6.45) is 0. The summed E-state index contributed by atoms with van der Waals surface area (Å²) < 4.78 is 13.4. The number of halogens is 2. The highest BCUT2D eigenvalue weighted by molar-refractivity contribution is 6.19. The SMILES string of the molecule is C[C](CCl)c1cccc(C)c1F. The molecule has 0 bridgehead atoms. The number of rotatable bonds is 2. The Labute approximate surface area is 77.4 Å². The van der Waals surface area contributed by atoms with Gasteiger partial charge in [-0.05, 0) is 18.1 Å². The summed E-state index contributed by atoms with van der Waals surface area (Å²) in [4.78, 5) is 0. The average molecular weight is 186 g/mol. The molecule has 1 radical (unpaired) electrons. The van der Waals surface area contributed by atoms with Crippen molar-refractivity contribution in [1.29, 1.82) is 0 Å². The zero-order chi connectivity index (χ0) is 9.14. The van der Waals surface area contributed by atoms with Crippen molar-refractivity contribution >= 4 is 11.6 Å². The molecule has 2 heteroatoms. The van der Waals surface area contributed by atoms with Crippen LogP contribution >= 0.6 is 11.6 Å². The largest absolute Gasteiger partial charge is 0.206 e. The van der Waals surface area contributed by atoms with Crippen LogP contribution in [-0.2, 0) is 0 Å². The Bertz CT molecular complexity index is 271. The van der Waals surface area contributed by atoms with Gasteiger partial charge in [-0.3, -0.25) is 0 Å². The van der Waals surface area contributed by atoms with E-state index in [1.165, 1.54) is 0 Å². The maximum absolute atomic E-state index is 13.4. The number of hydrogen-bond acceptors (Lipinski definition) is 0. The fraction of sp³-hybridized carbons (Fsp3) is 0.300. The molecule has 0 nitrogen and oxygen atoms in total. The molecule has 0 N–H and O–H groups in total.